The average Bonchev–Trinajstić information content (AvgIpc) is 2.68. The fraction of sp³-hybridized carbons (Fsp3) is 0.435. The number of nitrogens with zero attached hydrogens (tertiary/aromatic N) is 1. The molecule has 0 spiro atoms. The third-order valence-corrected chi connectivity index (χ3v) is 6.23. The molecule has 0 aliphatic carbocycles. The van der Waals surface area contributed by atoms with Crippen molar-refractivity contribution in [3.63, 3.8) is 0 Å². The number of amides is 1. The van der Waals surface area contributed by atoms with Crippen LogP contribution in [0, 0.1) is 14.8 Å². The molecule has 1 heterocycles. The molecule has 1 fully saturated rings. The summed E-state index contributed by atoms with van der Waals surface area (Å²) in [6.07, 6.45) is -1.71. The summed E-state index contributed by atoms with van der Waals surface area (Å²) in [5, 5.41) is 2.55. The lowest BCUT2D eigenvalue weighted by Crippen LogP contribution is -2.47. The fourth-order valence-corrected chi connectivity index (χ4v) is 4.54. The van der Waals surface area contributed by atoms with Gasteiger partial charge in [0.1, 0.15) is 5.82 Å². The van der Waals surface area contributed by atoms with Crippen LogP contribution in [-0.2, 0) is 6.18 Å². The van der Waals surface area contributed by atoms with Crippen LogP contribution in [0.1, 0.15) is 56.0 Å². The first kappa shape index (κ1) is 23.8. The maximum Gasteiger partial charge on any atom is 0.416 e. The van der Waals surface area contributed by atoms with Crippen LogP contribution in [0.3, 0.4) is 0 Å². The predicted molar refractivity (Wildman–Crippen MR) is 123 cm³/mol. The molecule has 0 unspecified atom stereocenters. The Balaban J connectivity index is 2.06. The number of nitrogens with one attached hydrogen (secondary N) is 1. The highest BCUT2D eigenvalue weighted by Crippen LogP contribution is 2.41. The fourth-order valence-electron chi connectivity index (χ4n) is 4.04. The van der Waals surface area contributed by atoms with Gasteiger partial charge in [0.25, 0.3) is 5.91 Å². The molecule has 3 nitrogen and oxygen atoms in total. The molecule has 1 N–H and O–H groups in total. The van der Waals surface area contributed by atoms with E-state index >= 15 is 0 Å². The molecule has 8 heteroatoms. The van der Waals surface area contributed by atoms with Crippen molar-refractivity contribution < 1.29 is 22.4 Å². The maximum absolute atomic E-state index is 14.2. The van der Waals surface area contributed by atoms with E-state index in [4.69, 9.17) is 0 Å². The zero-order valence-electron chi connectivity index (χ0n) is 17.6. The van der Waals surface area contributed by atoms with Crippen molar-refractivity contribution in [1.29, 1.82) is 0 Å². The quantitative estimate of drug-likeness (QED) is 0.328. The van der Waals surface area contributed by atoms with Gasteiger partial charge in [-0.1, -0.05) is 20.8 Å². The van der Waals surface area contributed by atoms with Gasteiger partial charge < -0.3 is 10.2 Å². The van der Waals surface area contributed by atoms with Gasteiger partial charge in [-0.15, -0.1) is 0 Å². The van der Waals surface area contributed by atoms with E-state index in [1.165, 1.54) is 24.3 Å². The summed E-state index contributed by atoms with van der Waals surface area (Å²) in [5.41, 5.74) is -0.618. The molecule has 0 radical (unpaired) electrons. The van der Waals surface area contributed by atoms with Crippen LogP contribution in [0.25, 0.3) is 0 Å². The van der Waals surface area contributed by atoms with E-state index in [1.807, 2.05) is 22.6 Å². The molecule has 1 aliphatic heterocycles. The van der Waals surface area contributed by atoms with Crippen LogP contribution in [0.15, 0.2) is 36.4 Å². The van der Waals surface area contributed by atoms with E-state index < -0.39 is 23.5 Å². The summed E-state index contributed by atoms with van der Waals surface area (Å²) in [6.45, 7) is 6.96. The number of rotatable bonds is 3. The Hall–Kier alpha value is -1.84. The molecule has 1 aliphatic rings. The standard InChI is InChI=1S/C23H25F4IN2O/c1-22(2,3)20-6-4-5-11-30(20)19-10-7-14(23(25,26)27)12-18(19)29-21(31)16-13-15(28)8-9-17(16)24/h7-10,12-13,20H,4-6,11H2,1-3H3,(H,29,31)/t20-/m0/s1. The minimum Gasteiger partial charge on any atom is -0.366 e. The Morgan fingerprint density at radius 1 is 1.10 bits per heavy atom. The van der Waals surface area contributed by atoms with Crippen molar-refractivity contribution in [3.05, 3.63) is 56.9 Å². The second kappa shape index (κ2) is 8.96. The normalized spacial score (nSPS) is 17.5. The molecule has 1 atom stereocenters. The number of hydrogen-bond donors (Lipinski definition) is 1. The third-order valence-electron chi connectivity index (χ3n) is 5.56. The summed E-state index contributed by atoms with van der Waals surface area (Å²) in [6, 6.07) is 7.54. The van der Waals surface area contributed by atoms with Crippen molar-refractivity contribution in [2.75, 3.05) is 16.8 Å². The smallest absolute Gasteiger partial charge is 0.366 e. The number of carbonyl (C=O) groups is 1. The van der Waals surface area contributed by atoms with E-state index in [0.29, 0.717) is 15.8 Å². The highest BCUT2D eigenvalue weighted by atomic mass is 127. The molecule has 168 valence electrons. The van der Waals surface area contributed by atoms with Crippen LogP contribution in [0.5, 0.6) is 0 Å². The zero-order chi connectivity index (χ0) is 23.0. The lowest BCUT2D eigenvalue weighted by Gasteiger charge is -2.45. The summed E-state index contributed by atoms with van der Waals surface area (Å²) in [5.74, 6) is -1.50. The molecule has 1 saturated heterocycles. The Morgan fingerprint density at radius 2 is 1.81 bits per heavy atom. The van der Waals surface area contributed by atoms with Gasteiger partial charge in [-0.2, -0.15) is 13.2 Å². The van der Waals surface area contributed by atoms with Crippen LogP contribution in [0.2, 0.25) is 0 Å². The number of piperidine rings is 1. The first-order chi connectivity index (χ1) is 14.4. The second-order valence-electron chi connectivity index (χ2n) is 8.88. The van der Waals surface area contributed by atoms with Crippen molar-refractivity contribution in [2.24, 2.45) is 5.41 Å². The number of benzene rings is 2. The van der Waals surface area contributed by atoms with Gasteiger partial charge in [-0.3, -0.25) is 4.79 Å². The van der Waals surface area contributed by atoms with Crippen molar-refractivity contribution >= 4 is 39.9 Å². The number of alkyl halides is 3. The number of hydrogen-bond acceptors (Lipinski definition) is 2. The molecule has 0 aromatic heterocycles. The largest absolute Gasteiger partial charge is 0.416 e. The van der Waals surface area contributed by atoms with E-state index in [9.17, 15) is 22.4 Å². The SMILES string of the molecule is CC(C)(C)[C@@H]1CCCCN1c1ccc(C(F)(F)F)cc1NC(=O)c1cc(I)ccc1F. The molecule has 0 saturated carbocycles. The van der Waals surface area contributed by atoms with E-state index in [2.05, 4.69) is 31.0 Å². The van der Waals surface area contributed by atoms with Crippen LogP contribution < -0.4 is 10.2 Å². The molecule has 31 heavy (non-hydrogen) atoms. The predicted octanol–water partition coefficient (Wildman–Crippen LogP) is 7.11. The lowest BCUT2D eigenvalue weighted by molar-refractivity contribution is -0.137. The number of anilines is 2. The number of carbonyl (C=O) groups excluding carboxylic acids is 1. The third kappa shape index (κ3) is 5.51. The van der Waals surface area contributed by atoms with Gasteiger partial charge >= 0.3 is 6.18 Å². The van der Waals surface area contributed by atoms with Crippen molar-refractivity contribution in [2.45, 2.75) is 52.3 Å². The highest BCUT2D eigenvalue weighted by Gasteiger charge is 2.36. The molecule has 2 aromatic carbocycles. The topological polar surface area (TPSA) is 32.3 Å². The monoisotopic (exact) mass is 548 g/mol. The Morgan fingerprint density at radius 3 is 2.45 bits per heavy atom. The molecule has 1 amide bonds. The minimum absolute atomic E-state index is 0.0363. The molecule has 3 rings (SSSR count). The van der Waals surface area contributed by atoms with Gasteiger partial charge in [0.05, 0.1) is 22.5 Å². The molecule has 2 aromatic rings. The zero-order valence-corrected chi connectivity index (χ0v) is 19.8. The maximum atomic E-state index is 14.2. The summed E-state index contributed by atoms with van der Waals surface area (Å²) < 4.78 is 55.1. The molecular formula is C23H25F4IN2O. The van der Waals surface area contributed by atoms with E-state index in [0.717, 1.165) is 31.4 Å². The Bertz CT molecular complexity index is 969. The molecular weight excluding hydrogens is 523 g/mol. The van der Waals surface area contributed by atoms with Gasteiger partial charge in [-0.05, 0) is 83.7 Å². The highest BCUT2D eigenvalue weighted by molar-refractivity contribution is 14.1. The Kier molecular flexibility index (Phi) is 6.88. The first-order valence-electron chi connectivity index (χ1n) is 10.1. The van der Waals surface area contributed by atoms with Crippen LogP contribution in [-0.4, -0.2) is 18.5 Å². The van der Waals surface area contributed by atoms with Crippen molar-refractivity contribution in [3.8, 4) is 0 Å². The molecule has 0 bridgehead atoms. The van der Waals surface area contributed by atoms with E-state index in [1.54, 1.807) is 0 Å². The summed E-state index contributed by atoms with van der Waals surface area (Å²) in [4.78, 5) is 14.9. The number of halogens is 5. The average molecular weight is 548 g/mol. The Labute approximate surface area is 193 Å². The van der Waals surface area contributed by atoms with Gasteiger partial charge in [-0.25, -0.2) is 4.39 Å². The minimum atomic E-state index is -4.56. The second-order valence-corrected chi connectivity index (χ2v) is 10.1. The van der Waals surface area contributed by atoms with Crippen LogP contribution >= 0.6 is 22.6 Å². The van der Waals surface area contributed by atoms with Gasteiger partial charge in [0, 0.05) is 16.2 Å². The summed E-state index contributed by atoms with van der Waals surface area (Å²) >= 11 is 1.95. The van der Waals surface area contributed by atoms with Crippen LogP contribution in [0.4, 0.5) is 28.9 Å². The van der Waals surface area contributed by atoms with E-state index in [-0.39, 0.29) is 22.7 Å². The van der Waals surface area contributed by atoms with Gasteiger partial charge in [0.2, 0.25) is 0 Å². The van der Waals surface area contributed by atoms with Gasteiger partial charge in [0.15, 0.2) is 0 Å². The van der Waals surface area contributed by atoms with Crippen molar-refractivity contribution in [1.82, 2.24) is 0 Å². The summed E-state index contributed by atoms with van der Waals surface area (Å²) in [7, 11) is 0. The lowest BCUT2D eigenvalue weighted by atomic mass is 9.80. The first-order valence-corrected chi connectivity index (χ1v) is 11.2.